The summed E-state index contributed by atoms with van der Waals surface area (Å²) in [5, 5.41) is 12.2. The van der Waals surface area contributed by atoms with Crippen LogP contribution in [0.25, 0.3) is 0 Å². The first kappa shape index (κ1) is 19.4. The van der Waals surface area contributed by atoms with Crippen molar-refractivity contribution in [2.45, 2.75) is 57.3 Å². The molecule has 1 amide bonds. The van der Waals surface area contributed by atoms with Gasteiger partial charge in [0.1, 0.15) is 5.60 Å². The molecule has 23 heavy (non-hydrogen) atoms. The first-order chi connectivity index (χ1) is 10.3. The number of hydrogen-bond donors (Lipinski definition) is 2. The Kier molecular flexibility index (Phi) is 5.76. The van der Waals surface area contributed by atoms with Crippen LogP contribution in [0.3, 0.4) is 0 Å². The molecule has 0 aliphatic rings. The summed E-state index contributed by atoms with van der Waals surface area (Å²) in [5.74, 6) is -0.439. The maximum atomic E-state index is 12.4. The number of pyridine rings is 1. The highest BCUT2D eigenvalue weighted by Gasteiger charge is 2.27. The predicted molar refractivity (Wildman–Crippen MR) is 85.7 cm³/mol. The van der Waals surface area contributed by atoms with Crippen molar-refractivity contribution >= 4 is 15.9 Å². The fourth-order valence-corrected chi connectivity index (χ4v) is 3.71. The van der Waals surface area contributed by atoms with Gasteiger partial charge in [0.2, 0.25) is 0 Å². The maximum Gasteiger partial charge on any atom is 0.407 e. The molecule has 0 saturated heterocycles. The topological polar surface area (TPSA) is 106 Å². The van der Waals surface area contributed by atoms with Crippen molar-refractivity contribution in [1.29, 1.82) is 0 Å². The summed E-state index contributed by atoms with van der Waals surface area (Å²) < 4.78 is 29.9. The van der Waals surface area contributed by atoms with Crippen LogP contribution in [0.2, 0.25) is 0 Å². The van der Waals surface area contributed by atoms with Gasteiger partial charge in [0.15, 0.2) is 9.84 Å². The Morgan fingerprint density at radius 1 is 1.30 bits per heavy atom. The molecule has 0 saturated carbocycles. The number of nitrogens with one attached hydrogen (secondary N) is 1. The molecule has 1 aromatic heterocycles. The zero-order chi connectivity index (χ0) is 17.9. The van der Waals surface area contributed by atoms with Crippen LogP contribution >= 0.6 is 0 Å². The number of rotatable bonds is 5. The Bertz CT molecular complexity index is 657. The number of alkyl carbamates (subject to hydrolysis) is 1. The lowest BCUT2D eigenvalue weighted by Crippen LogP contribution is -2.33. The van der Waals surface area contributed by atoms with Gasteiger partial charge >= 0.3 is 6.09 Å². The van der Waals surface area contributed by atoms with Gasteiger partial charge in [-0.05, 0) is 46.8 Å². The molecule has 1 rings (SSSR count). The first-order valence-electron chi connectivity index (χ1n) is 7.16. The van der Waals surface area contributed by atoms with E-state index in [-0.39, 0.29) is 17.1 Å². The first-order valence-corrected chi connectivity index (χ1v) is 8.81. The Morgan fingerprint density at radius 3 is 2.43 bits per heavy atom. The van der Waals surface area contributed by atoms with Crippen LogP contribution in [0.5, 0.6) is 0 Å². The van der Waals surface area contributed by atoms with E-state index in [0.29, 0.717) is 0 Å². The van der Waals surface area contributed by atoms with E-state index < -0.39 is 32.9 Å². The van der Waals surface area contributed by atoms with E-state index in [2.05, 4.69) is 10.3 Å². The van der Waals surface area contributed by atoms with Crippen molar-refractivity contribution in [3.63, 3.8) is 0 Å². The average molecular weight is 344 g/mol. The number of amides is 1. The lowest BCUT2D eigenvalue weighted by atomic mass is 10.2. The van der Waals surface area contributed by atoms with E-state index in [1.54, 1.807) is 20.8 Å². The third kappa shape index (κ3) is 6.96. The monoisotopic (exact) mass is 344 g/mol. The second-order valence-corrected chi connectivity index (χ2v) is 8.83. The van der Waals surface area contributed by atoms with Crippen molar-refractivity contribution in [3.8, 4) is 0 Å². The summed E-state index contributed by atoms with van der Waals surface area (Å²) in [6.07, 6.45) is 0.781. The highest BCUT2D eigenvalue weighted by atomic mass is 32.2. The zero-order valence-corrected chi connectivity index (χ0v) is 14.9. The molecule has 0 bridgehead atoms. The summed E-state index contributed by atoms with van der Waals surface area (Å²) in [7, 11) is -3.74. The molecule has 1 aromatic rings. The predicted octanol–water partition coefficient (Wildman–Crippen LogP) is 1.65. The van der Waals surface area contributed by atoms with E-state index in [0.717, 1.165) is 0 Å². The average Bonchev–Trinajstić information content (AvgIpc) is 2.31. The number of carbonyl (C=O) groups excluding carboxylic acids is 1. The third-order valence-electron chi connectivity index (χ3n) is 2.53. The van der Waals surface area contributed by atoms with Gasteiger partial charge in [0.25, 0.3) is 0 Å². The van der Waals surface area contributed by atoms with E-state index in [1.807, 2.05) is 0 Å². The second-order valence-electron chi connectivity index (χ2n) is 6.88. The third-order valence-corrected chi connectivity index (χ3v) is 4.65. The van der Waals surface area contributed by atoms with Crippen molar-refractivity contribution in [3.05, 3.63) is 24.0 Å². The molecule has 0 fully saturated rings. The minimum Gasteiger partial charge on any atom is -0.444 e. The summed E-state index contributed by atoms with van der Waals surface area (Å²) in [6.45, 7) is 7.93. The van der Waals surface area contributed by atoms with Crippen LogP contribution in [-0.2, 0) is 21.1 Å². The van der Waals surface area contributed by atoms with Gasteiger partial charge in [-0.1, -0.05) is 0 Å². The van der Waals surface area contributed by atoms with Gasteiger partial charge in [-0.2, -0.15) is 0 Å². The summed E-state index contributed by atoms with van der Waals surface area (Å²) in [5.41, 5.74) is -1.82. The molecule has 1 heterocycles. The van der Waals surface area contributed by atoms with E-state index >= 15 is 0 Å². The fraction of sp³-hybridized carbons (Fsp3) is 0.600. The number of carbonyl (C=O) groups is 1. The van der Waals surface area contributed by atoms with Crippen LogP contribution < -0.4 is 5.32 Å². The summed E-state index contributed by atoms with van der Waals surface area (Å²) in [6, 6.07) is 2.90. The molecule has 0 spiro atoms. The van der Waals surface area contributed by atoms with Crippen molar-refractivity contribution in [1.82, 2.24) is 10.3 Å². The zero-order valence-electron chi connectivity index (χ0n) is 14.1. The highest BCUT2D eigenvalue weighted by molar-refractivity contribution is 7.91. The number of aliphatic hydroxyl groups is 1. The lowest BCUT2D eigenvalue weighted by molar-refractivity contribution is 0.0522. The fourth-order valence-electron chi connectivity index (χ4n) is 1.85. The van der Waals surface area contributed by atoms with Crippen molar-refractivity contribution in [2.75, 3.05) is 5.75 Å². The number of aromatic nitrogens is 1. The molecule has 7 nitrogen and oxygen atoms in total. The maximum absolute atomic E-state index is 12.4. The van der Waals surface area contributed by atoms with Crippen LogP contribution in [0.4, 0.5) is 4.79 Å². The van der Waals surface area contributed by atoms with Gasteiger partial charge in [-0.25, -0.2) is 13.2 Å². The SMILES string of the molecule is CC(C)(O)CS(=O)(=O)c1cccnc1CNC(=O)OC(C)(C)C. The molecule has 0 radical (unpaired) electrons. The summed E-state index contributed by atoms with van der Waals surface area (Å²) in [4.78, 5) is 15.7. The quantitative estimate of drug-likeness (QED) is 0.841. The highest BCUT2D eigenvalue weighted by Crippen LogP contribution is 2.19. The molecular weight excluding hydrogens is 320 g/mol. The van der Waals surface area contributed by atoms with Gasteiger partial charge in [0, 0.05) is 6.20 Å². The van der Waals surface area contributed by atoms with Crippen LogP contribution in [-0.4, -0.2) is 41.6 Å². The molecule has 0 atom stereocenters. The smallest absolute Gasteiger partial charge is 0.407 e. The molecule has 0 aliphatic heterocycles. The number of sulfone groups is 1. The molecule has 0 aromatic carbocycles. The normalized spacial score (nSPS) is 12.8. The van der Waals surface area contributed by atoms with Crippen LogP contribution in [0, 0.1) is 0 Å². The largest absolute Gasteiger partial charge is 0.444 e. The molecule has 0 aliphatic carbocycles. The summed E-state index contributed by atoms with van der Waals surface area (Å²) >= 11 is 0. The van der Waals surface area contributed by atoms with E-state index in [4.69, 9.17) is 4.74 Å². The minimum atomic E-state index is -3.74. The number of ether oxygens (including phenoxy) is 1. The Morgan fingerprint density at radius 2 is 1.91 bits per heavy atom. The molecule has 2 N–H and O–H groups in total. The van der Waals surface area contributed by atoms with Crippen LogP contribution in [0.15, 0.2) is 23.2 Å². The molecule has 0 unspecified atom stereocenters. The molecule has 8 heteroatoms. The van der Waals surface area contributed by atoms with E-state index in [9.17, 15) is 18.3 Å². The number of nitrogens with zero attached hydrogens (tertiary/aromatic N) is 1. The molecular formula is C15H24N2O5S. The van der Waals surface area contributed by atoms with Crippen molar-refractivity contribution < 1.29 is 23.1 Å². The second kappa shape index (κ2) is 6.84. The lowest BCUT2D eigenvalue weighted by Gasteiger charge is -2.20. The Hall–Kier alpha value is -1.67. The van der Waals surface area contributed by atoms with Gasteiger partial charge in [-0.3, -0.25) is 4.98 Å². The number of hydrogen-bond acceptors (Lipinski definition) is 6. The van der Waals surface area contributed by atoms with Gasteiger partial charge < -0.3 is 15.2 Å². The Balaban J connectivity index is 2.93. The van der Waals surface area contributed by atoms with Gasteiger partial charge in [-0.15, -0.1) is 0 Å². The van der Waals surface area contributed by atoms with Gasteiger partial charge in [0.05, 0.1) is 28.5 Å². The van der Waals surface area contributed by atoms with Crippen LogP contribution in [0.1, 0.15) is 40.3 Å². The molecule has 130 valence electrons. The Labute approximate surface area is 137 Å². The van der Waals surface area contributed by atoms with Crippen molar-refractivity contribution in [2.24, 2.45) is 0 Å². The standard InChI is InChI=1S/C15H24N2O5S/c1-14(2,3)22-13(18)17-9-11-12(7-6-8-16-11)23(20,21)10-15(4,5)19/h6-8,19H,9-10H2,1-5H3,(H,17,18). The van der Waals surface area contributed by atoms with E-state index in [1.165, 1.54) is 32.2 Å². The minimum absolute atomic E-state index is 0.0156.